The van der Waals surface area contributed by atoms with Crippen LogP contribution in [-0.2, 0) is 6.18 Å². The molecule has 0 radical (unpaired) electrons. The van der Waals surface area contributed by atoms with Gasteiger partial charge in [-0.2, -0.15) is 13.2 Å². The van der Waals surface area contributed by atoms with E-state index in [1.165, 1.54) is 37.0 Å². The van der Waals surface area contributed by atoms with Gasteiger partial charge in [-0.1, -0.05) is 19.3 Å². The van der Waals surface area contributed by atoms with Gasteiger partial charge < -0.3 is 15.0 Å². The van der Waals surface area contributed by atoms with Crippen LogP contribution in [0.5, 0.6) is 6.01 Å². The number of carbonyl (C=O) groups excluding carboxylic acids is 1. The van der Waals surface area contributed by atoms with Crippen LogP contribution in [-0.4, -0.2) is 46.0 Å². The molecule has 0 bridgehead atoms. The highest BCUT2D eigenvalue weighted by atomic mass is 32.1. The lowest BCUT2D eigenvalue weighted by molar-refractivity contribution is -0.138. The van der Waals surface area contributed by atoms with Crippen LogP contribution in [0.15, 0.2) is 36.0 Å². The van der Waals surface area contributed by atoms with E-state index >= 15 is 0 Å². The molecule has 36 heavy (non-hydrogen) atoms. The van der Waals surface area contributed by atoms with Gasteiger partial charge in [0.15, 0.2) is 5.13 Å². The third kappa shape index (κ3) is 5.16. The number of anilines is 2. The number of carbonyl (C=O) groups is 1. The molecule has 1 N–H and O–H groups in total. The van der Waals surface area contributed by atoms with Crippen molar-refractivity contribution in [1.29, 1.82) is 0 Å². The monoisotopic (exact) mass is 517 g/mol. The van der Waals surface area contributed by atoms with Crippen LogP contribution in [0.4, 0.5) is 24.0 Å². The summed E-state index contributed by atoms with van der Waals surface area (Å²) in [6, 6.07) is 3.97. The van der Waals surface area contributed by atoms with Crippen molar-refractivity contribution in [2.24, 2.45) is 11.8 Å². The van der Waals surface area contributed by atoms with Crippen LogP contribution in [0.1, 0.15) is 48.0 Å². The molecule has 1 saturated carbocycles. The molecule has 2 aromatic heterocycles. The number of methoxy groups -OCH3 is 1. The number of ether oxygens (including phenoxy) is 1. The van der Waals surface area contributed by atoms with Crippen LogP contribution in [0, 0.1) is 11.8 Å². The Kier molecular flexibility index (Phi) is 6.83. The van der Waals surface area contributed by atoms with E-state index in [1.807, 2.05) is 0 Å². The largest absolute Gasteiger partial charge is 0.467 e. The second kappa shape index (κ2) is 10.0. The average molecular weight is 518 g/mol. The Labute approximate surface area is 210 Å². The number of hydrogen-bond acceptors (Lipinski definition) is 7. The molecule has 1 aliphatic carbocycles. The number of halogens is 3. The summed E-state index contributed by atoms with van der Waals surface area (Å²) in [6.45, 7) is 1.05. The zero-order chi connectivity index (χ0) is 25.3. The lowest BCUT2D eigenvalue weighted by atomic mass is 9.75. The van der Waals surface area contributed by atoms with E-state index in [-0.39, 0.29) is 17.3 Å². The van der Waals surface area contributed by atoms with E-state index in [4.69, 9.17) is 4.74 Å². The van der Waals surface area contributed by atoms with Crippen molar-refractivity contribution in [3.05, 3.63) is 47.1 Å². The lowest BCUT2D eigenvalue weighted by Gasteiger charge is -2.41. The van der Waals surface area contributed by atoms with E-state index in [9.17, 15) is 18.0 Å². The number of rotatable bonds is 5. The Balaban J connectivity index is 1.34. The first-order chi connectivity index (χ1) is 17.3. The van der Waals surface area contributed by atoms with Crippen LogP contribution >= 0.6 is 11.3 Å². The fourth-order valence-electron chi connectivity index (χ4n) is 5.14. The molecule has 1 saturated heterocycles. The Hall–Kier alpha value is -3.21. The number of benzene rings is 1. The van der Waals surface area contributed by atoms with Gasteiger partial charge in [0.2, 0.25) is 0 Å². The van der Waals surface area contributed by atoms with Gasteiger partial charge in [0, 0.05) is 42.1 Å². The quantitative estimate of drug-likeness (QED) is 0.446. The summed E-state index contributed by atoms with van der Waals surface area (Å²) in [5.41, 5.74) is 0.190. The molecule has 190 valence electrons. The minimum absolute atomic E-state index is 0.205. The van der Waals surface area contributed by atoms with Gasteiger partial charge in [0.1, 0.15) is 0 Å². The maximum atomic E-state index is 14.0. The first-order valence-corrected chi connectivity index (χ1v) is 12.8. The van der Waals surface area contributed by atoms with Crippen molar-refractivity contribution in [3.8, 4) is 17.3 Å². The van der Waals surface area contributed by atoms with Crippen molar-refractivity contribution in [2.45, 2.75) is 38.3 Å². The molecule has 7 nitrogen and oxygen atoms in total. The smallest absolute Gasteiger partial charge is 0.417 e. The highest BCUT2D eigenvalue weighted by Gasteiger charge is 2.39. The summed E-state index contributed by atoms with van der Waals surface area (Å²) in [5, 5.41) is 5.09. The molecular weight excluding hydrogens is 491 g/mol. The average Bonchev–Trinajstić information content (AvgIpc) is 3.36. The van der Waals surface area contributed by atoms with E-state index < -0.39 is 17.6 Å². The number of alkyl halides is 3. The number of nitrogens with one attached hydrogen (secondary N) is 1. The van der Waals surface area contributed by atoms with Gasteiger partial charge in [-0.3, -0.25) is 4.79 Å². The predicted octanol–water partition coefficient (Wildman–Crippen LogP) is 6.02. The Morgan fingerprint density at radius 3 is 2.61 bits per heavy atom. The first kappa shape index (κ1) is 24.5. The summed E-state index contributed by atoms with van der Waals surface area (Å²) >= 11 is 1.24. The number of piperidine rings is 1. The van der Waals surface area contributed by atoms with E-state index in [2.05, 4.69) is 20.3 Å². The van der Waals surface area contributed by atoms with Crippen LogP contribution in [0.25, 0.3) is 11.3 Å². The predicted molar refractivity (Wildman–Crippen MR) is 130 cm³/mol. The topological polar surface area (TPSA) is 80.2 Å². The van der Waals surface area contributed by atoms with Crippen molar-refractivity contribution in [2.75, 3.05) is 25.5 Å². The number of thiazole rings is 1. The molecule has 2 atom stereocenters. The molecule has 3 heterocycles. The minimum Gasteiger partial charge on any atom is -0.467 e. The van der Waals surface area contributed by atoms with Crippen molar-refractivity contribution in [1.82, 2.24) is 19.9 Å². The Bertz CT molecular complexity index is 1230. The molecule has 1 aromatic carbocycles. The molecule has 2 unspecified atom stereocenters. The second-order valence-electron chi connectivity index (χ2n) is 9.22. The normalized spacial score (nSPS) is 20.1. The van der Waals surface area contributed by atoms with Crippen LogP contribution < -0.4 is 10.1 Å². The SMILES string of the molecule is COc1ncc(-c2csc(Nc3ccc(C(=O)N4CCC5CCCCC5C4)c(C(F)(F)F)c3)n2)cn1. The molecule has 1 aliphatic heterocycles. The van der Waals surface area contributed by atoms with Gasteiger partial charge in [-0.25, -0.2) is 15.0 Å². The number of nitrogens with zero attached hydrogens (tertiary/aromatic N) is 4. The molecule has 11 heteroatoms. The molecule has 2 aliphatic rings. The second-order valence-corrected chi connectivity index (χ2v) is 10.1. The number of aromatic nitrogens is 3. The van der Waals surface area contributed by atoms with Crippen molar-refractivity contribution < 1.29 is 22.7 Å². The van der Waals surface area contributed by atoms with Gasteiger partial charge >= 0.3 is 12.2 Å². The molecular formula is C25H26F3N5O2S. The minimum atomic E-state index is -4.67. The van der Waals surface area contributed by atoms with E-state index in [0.717, 1.165) is 31.7 Å². The van der Waals surface area contributed by atoms with Crippen LogP contribution in [0.2, 0.25) is 0 Å². The zero-order valence-electron chi connectivity index (χ0n) is 19.7. The molecule has 3 aromatic rings. The summed E-state index contributed by atoms with van der Waals surface area (Å²) in [7, 11) is 1.46. The number of likely N-dealkylation sites (tertiary alicyclic amines) is 1. The van der Waals surface area contributed by atoms with Gasteiger partial charge in [-0.15, -0.1) is 11.3 Å². The molecule has 5 rings (SSSR count). The summed E-state index contributed by atoms with van der Waals surface area (Å²) in [6.07, 6.45) is 3.85. The number of fused-ring (bicyclic) bond motifs is 1. The van der Waals surface area contributed by atoms with Gasteiger partial charge in [0.25, 0.3) is 5.91 Å². The summed E-state index contributed by atoms with van der Waals surface area (Å²) < 4.78 is 47.0. The van der Waals surface area contributed by atoms with Crippen LogP contribution in [0.3, 0.4) is 0 Å². The third-order valence-corrected chi connectivity index (χ3v) is 7.75. The maximum absolute atomic E-state index is 14.0. The van der Waals surface area contributed by atoms with Crippen molar-refractivity contribution in [3.63, 3.8) is 0 Å². The number of amides is 1. The fourth-order valence-corrected chi connectivity index (χ4v) is 5.88. The number of hydrogen-bond donors (Lipinski definition) is 1. The van der Waals surface area contributed by atoms with Crippen molar-refractivity contribution >= 4 is 28.1 Å². The fraction of sp³-hybridized carbons (Fsp3) is 0.440. The highest BCUT2D eigenvalue weighted by Crippen LogP contribution is 2.39. The van der Waals surface area contributed by atoms with Gasteiger partial charge in [0.05, 0.1) is 23.9 Å². The standard InChI is InChI=1S/C25H26F3N5O2S/c1-35-23-29-11-17(12-30-23)21-14-36-24(32-21)31-18-6-7-19(20(10-18)25(26,27)28)22(34)33-9-8-15-4-2-3-5-16(15)13-33/h6-7,10-12,14-16H,2-5,8-9,13H2,1H3,(H,31,32). The third-order valence-electron chi connectivity index (χ3n) is 7.00. The van der Waals surface area contributed by atoms with Gasteiger partial charge in [-0.05, 0) is 42.9 Å². The Morgan fingerprint density at radius 2 is 1.89 bits per heavy atom. The summed E-state index contributed by atoms with van der Waals surface area (Å²) in [4.78, 5) is 27.3. The zero-order valence-corrected chi connectivity index (χ0v) is 20.5. The lowest BCUT2D eigenvalue weighted by Crippen LogP contribution is -2.45. The molecule has 2 fully saturated rings. The first-order valence-electron chi connectivity index (χ1n) is 11.9. The highest BCUT2D eigenvalue weighted by molar-refractivity contribution is 7.14. The molecule has 0 spiro atoms. The maximum Gasteiger partial charge on any atom is 0.417 e. The van der Waals surface area contributed by atoms with E-state index in [1.54, 1.807) is 22.7 Å². The molecule has 1 amide bonds. The summed E-state index contributed by atoms with van der Waals surface area (Å²) in [5.74, 6) is 0.431. The Morgan fingerprint density at radius 1 is 1.14 bits per heavy atom. The van der Waals surface area contributed by atoms with E-state index in [0.29, 0.717) is 41.3 Å².